The standard InChI is InChI=1S/C52H33NS2/c1-2-12-35(13-3-1)42-29-25-39(38-22-21-34-11-4-5-14-37(34)31-38)32-48(42)53(41-28-30-46-44-15-6-8-19-49(44)54-51(46)33-41)40-26-23-36(24-27-40)43-17-10-18-47-45-16-7-9-20-50(45)55-52(43)47/h1-33H. The topological polar surface area (TPSA) is 3.24 Å². The Bertz CT molecular complexity index is 3210. The van der Waals surface area contributed by atoms with Crippen molar-refractivity contribution in [3.63, 3.8) is 0 Å². The zero-order valence-electron chi connectivity index (χ0n) is 29.8. The highest BCUT2D eigenvalue weighted by Gasteiger charge is 2.20. The summed E-state index contributed by atoms with van der Waals surface area (Å²) >= 11 is 3.74. The second kappa shape index (κ2) is 13.1. The summed E-state index contributed by atoms with van der Waals surface area (Å²) in [5, 5.41) is 7.73. The highest BCUT2D eigenvalue weighted by atomic mass is 32.1. The van der Waals surface area contributed by atoms with E-state index in [0.717, 1.165) is 17.1 Å². The number of anilines is 3. The Balaban J connectivity index is 1.12. The molecule has 0 aliphatic carbocycles. The lowest BCUT2D eigenvalue weighted by molar-refractivity contribution is 1.29. The van der Waals surface area contributed by atoms with Gasteiger partial charge in [-0.05, 0) is 87.1 Å². The Morgan fingerprint density at radius 3 is 1.75 bits per heavy atom. The van der Waals surface area contributed by atoms with Crippen LogP contribution in [-0.4, -0.2) is 0 Å². The molecule has 0 radical (unpaired) electrons. The first-order valence-electron chi connectivity index (χ1n) is 18.7. The molecular weight excluding hydrogens is 703 g/mol. The molecule has 0 aliphatic rings. The molecule has 0 spiro atoms. The van der Waals surface area contributed by atoms with Crippen molar-refractivity contribution in [3.8, 4) is 33.4 Å². The summed E-state index contributed by atoms with van der Waals surface area (Å²) in [6.07, 6.45) is 0. The summed E-state index contributed by atoms with van der Waals surface area (Å²) in [6.45, 7) is 0. The zero-order valence-corrected chi connectivity index (χ0v) is 31.4. The Morgan fingerprint density at radius 2 is 0.909 bits per heavy atom. The molecule has 3 heteroatoms. The van der Waals surface area contributed by atoms with Gasteiger partial charge in [0.15, 0.2) is 0 Å². The molecule has 258 valence electrons. The van der Waals surface area contributed by atoms with Crippen molar-refractivity contribution in [2.75, 3.05) is 4.90 Å². The first-order valence-corrected chi connectivity index (χ1v) is 20.3. The van der Waals surface area contributed by atoms with Gasteiger partial charge in [-0.1, -0.05) is 152 Å². The summed E-state index contributed by atoms with van der Waals surface area (Å²) in [5.74, 6) is 0. The van der Waals surface area contributed by atoms with E-state index >= 15 is 0 Å². The van der Waals surface area contributed by atoms with Crippen LogP contribution in [0.4, 0.5) is 17.1 Å². The molecule has 11 aromatic rings. The van der Waals surface area contributed by atoms with Gasteiger partial charge in [-0.2, -0.15) is 0 Å². The van der Waals surface area contributed by atoms with Crippen LogP contribution in [0.2, 0.25) is 0 Å². The van der Waals surface area contributed by atoms with Crippen molar-refractivity contribution in [1.29, 1.82) is 0 Å². The van der Waals surface area contributed by atoms with E-state index in [1.54, 1.807) is 0 Å². The number of hydrogen-bond donors (Lipinski definition) is 0. The van der Waals surface area contributed by atoms with Gasteiger partial charge in [-0.3, -0.25) is 0 Å². The van der Waals surface area contributed by atoms with Crippen molar-refractivity contribution in [1.82, 2.24) is 0 Å². The molecule has 0 saturated carbocycles. The summed E-state index contributed by atoms with van der Waals surface area (Å²) in [6, 6.07) is 73.5. The Morgan fingerprint density at radius 1 is 0.309 bits per heavy atom. The molecule has 55 heavy (non-hydrogen) atoms. The van der Waals surface area contributed by atoms with Crippen LogP contribution in [0.3, 0.4) is 0 Å². The van der Waals surface area contributed by atoms with Gasteiger partial charge in [0.1, 0.15) is 0 Å². The van der Waals surface area contributed by atoms with E-state index in [-0.39, 0.29) is 0 Å². The molecule has 0 fully saturated rings. The average Bonchev–Trinajstić information content (AvgIpc) is 3.82. The van der Waals surface area contributed by atoms with Crippen molar-refractivity contribution in [3.05, 3.63) is 200 Å². The maximum Gasteiger partial charge on any atom is 0.0546 e. The Kier molecular flexibility index (Phi) is 7.61. The third-order valence-corrected chi connectivity index (χ3v) is 13.2. The third kappa shape index (κ3) is 5.51. The Hall–Kier alpha value is -6.52. The minimum atomic E-state index is 1.11. The van der Waals surface area contributed by atoms with Gasteiger partial charge in [0.2, 0.25) is 0 Å². The van der Waals surface area contributed by atoms with Gasteiger partial charge < -0.3 is 4.90 Å². The van der Waals surface area contributed by atoms with Crippen LogP contribution in [0.1, 0.15) is 0 Å². The molecule has 0 N–H and O–H groups in total. The van der Waals surface area contributed by atoms with Gasteiger partial charge in [0.25, 0.3) is 0 Å². The van der Waals surface area contributed by atoms with E-state index in [1.807, 2.05) is 22.7 Å². The molecule has 0 bridgehead atoms. The van der Waals surface area contributed by atoms with Crippen LogP contribution in [0.15, 0.2) is 200 Å². The predicted molar refractivity (Wildman–Crippen MR) is 241 cm³/mol. The van der Waals surface area contributed by atoms with Crippen LogP contribution in [0.5, 0.6) is 0 Å². The summed E-state index contributed by atoms with van der Waals surface area (Å²) in [7, 11) is 0. The van der Waals surface area contributed by atoms with Gasteiger partial charge in [-0.25, -0.2) is 0 Å². The first kappa shape index (κ1) is 32.0. The summed E-state index contributed by atoms with van der Waals surface area (Å²) in [5.41, 5.74) is 10.6. The number of hydrogen-bond acceptors (Lipinski definition) is 3. The number of rotatable bonds is 6. The second-order valence-corrected chi connectivity index (χ2v) is 16.2. The fraction of sp³-hybridized carbons (Fsp3) is 0. The fourth-order valence-corrected chi connectivity index (χ4v) is 10.5. The molecule has 0 saturated heterocycles. The quantitative estimate of drug-likeness (QED) is 0.164. The smallest absolute Gasteiger partial charge is 0.0546 e. The molecule has 0 amide bonds. The van der Waals surface area contributed by atoms with Crippen LogP contribution >= 0.6 is 22.7 Å². The van der Waals surface area contributed by atoms with E-state index in [2.05, 4.69) is 205 Å². The lowest BCUT2D eigenvalue weighted by Crippen LogP contribution is -2.11. The number of fused-ring (bicyclic) bond motifs is 7. The molecule has 2 aromatic heterocycles. The minimum Gasteiger partial charge on any atom is -0.310 e. The molecular formula is C52H33NS2. The average molecular weight is 736 g/mol. The highest BCUT2D eigenvalue weighted by molar-refractivity contribution is 7.26. The minimum absolute atomic E-state index is 1.11. The van der Waals surface area contributed by atoms with Crippen molar-refractivity contribution in [2.24, 2.45) is 0 Å². The van der Waals surface area contributed by atoms with Gasteiger partial charge in [0.05, 0.1) is 5.69 Å². The lowest BCUT2D eigenvalue weighted by Gasteiger charge is -2.29. The van der Waals surface area contributed by atoms with Crippen molar-refractivity contribution < 1.29 is 0 Å². The van der Waals surface area contributed by atoms with Gasteiger partial charge in [0, 0.05) is 57.3 Å². The van der Waals surface area contributed by atoms with E-state index in [1.165, 1.54) is 84.5 Å². The van der Waals surface area contributed by atoms with Crippen LogP contribution in [0, 0.1) is 0 Å². The van der Waals surface area contributed by atoms with Crippen LogP contribution in [-0.2, 0) is 0 Å². The molecule has 1 nitrogen and oxygen atoms in total. The molecule has 11 rings (SSSR count). The Labute approximate surface area is 327 Å². The van der Waals surface area contributed by atoms with E-state index in [4.69, 9.17) is 0 Å². The molecule has 0 atom stereocenters. The zero-order chi connectivity index (χ0) is 36.3. The van der Waals surface area contributed by atoms with Gasteiger partial charge >= 0.3 is 0 Å². The van der Waals surface area contributed by atoms with E-state index < -0.39 is 0 Å². The molecule has 0 aliphatic heterocycles. The maximum atomic E-state index is 2.46. The van der Waals surface area contributed by atoms with Crippen molar-refractivity contribution in [2.45, 2.75) is 0 Å². The summed E-state index contributed by atoms with van der Waals surface area (Å²) in [4.78, 5) is 2.46. The monoisotopic (exact) mass is 735 g/mol. The van der Waals surface area contributed by atoms with Crippen molar-refractivity contribution >= 4 is 90.9 Å². The normalized spacial score (nSPS) is 11.6. The fourth-order valence-electron chi connectivity index (χ4n) is 8.17. The highest BCUT2D eigenvalue weighted by Crippen LogP contribution is 2.46. The van der Waals surface area contributed by atoms with E-state index in [9.17, 15) is 0 Å². The lowest BCUT2D eigenvalue weighted by atomic mass is 9.95. The molecule has 0 unspecified atom stereocenters. The second-order valence-electron chi connectivity index (χ2n) is 14.1. The molecule has 2 heterocycles. The third-order valence-electron chi connectivity index (χ3n) is 10.9. The number of nitrogens with zero attached hydrogens (tertiary/aromatic N) is 1. The largest absolute Gasteiger partial charge is 0.310 e. The maximum absolute atomic E-state index is 2.46. The SMILES string of the molecule is c1ccc(-c2ccc(-c3ccc4ccccc4c3)cc2N(c2ccc(-c3cccc4c3sc3ccccc34)cc2)c2ccc3c(c2)sc2ccccc23)cc1. The van der Waals surface area contributed by atoms with E-state index in [0.29, 0.717) is 0 Å². The number of benzene rings is 9. The predicted octanol–water partition coefficient (Wildman–Crippen LogP) is 16.0. The van der Waals surface area contributed by atoms with Crippen LogP contribution in [0.25, 0.3) is 84.5 Å². The first-order chi connectivity index (χ1) is 27.2. The summed E-state index contributed by atoms with van der Waals surface area (Å²) < 4.78 is 5.25. The van der Waals surface area contributed by atoms with Crippen LogP contribution < -0.4 is 4.90 Å². The number of thiophene rings is 2. The van der Waals surface area contributed by atoms with Gasteiger partial charge in [-0.15, -0.1) is 22.7 Å². The molecule has 9 aromatic carbocycles.